The monoisotopic (exact) mass is 541 g/mol. The van der Waals surface area contributed by atoms with E-state index in [0.717, 1.165) is 30.0 Å². The van der Waals surface area contributed by atoms with Gasteiger partial charge in [0.25, 0.3) is 10.0 Å². The molecule has 8 nitrogen and oxygen atoms in total. The Morgan fingerprint density at radius 3 is 2.00 bits per heavy atom. The van der Waals surface area contributed by atoms with E-state index in [1.54, 1.807) is 49.4 Å². The Bertz CT molecular complexity index is 1430. The molecular weight excluding hydrogens is 510 g/mol. The second kappa shape index (κ2) is 11.5. The fraction of sp³-hybridized carbons (Fsp3) is 0.296. The average molecular weight is 542 g/mol. The molecule has 0 aliphatic carbocycles. The van der Waals surface area contributed by atoms with E-state index in [1.165, 1.54) is 40.7 Å². The highest BCUT2D eigenvalue weighted by Crippen LogP contribution is 2.27. The third kappa shape index (κ3) is 6.20. The summed E-state index contributed by atoms with van der Waals surface area (Å²) in [6.45, 7) is 2.34. The van der Waals surface area contributed by atoms with Crippen LogP contribution in [-0.4, -0.2) is 46.7 Å². The lowest BCUT2D eigenvalue weighted by Crippen LogP contribution is -2.38. The highest BCUT2D eigenvalue weighted by Gasteiger charge is 2.28. The Kier molecular flexibility index (Phi) is 8.31. The number of benzene rings is 3. The van der Waals surface area contributed by atoms with Crippen molar-refractivity contribution in [3.05, 3.63) is 84.4 Å². The largest absolute Gasteiger partial charge is 0.325 e. The highest BCUT2D eigenvalue weighted by atomic mass is 32.2. The fourth-order valence-electron chi connectivity index (χ4n) is 4.33. The summed E-state index contributed by atoms with van der Waals surface area (Å²) in [5.41, 5.74) is 1.49. The first kappa shape index (κ1) is 26.8. The van der Waals surface area contributed by atoms with E-state index in [2.05, 4.69) is 5.32 Å². The van der Waals surface area contributed by atoms with Gasteiger partial charge in [0.05, 0.1) is 15.5 Å². The first-order chi connectivity index (χ1) is 17.7. The summed E-state index contributed by atoms with van der Waals surface area (Å²) >= 11 is 0. The van der Waals surface area contributed by atoms with Crippen LogP contribution in [0.4, 0.5) is 11.4 Å². The van der Waals surface area contributed by atoms with Crippen LogP contribution in [0.15, 0.2) is 88.7 Å². The fourth-order valence-corrected chi connectivity index (χ4v) is 7.36. The number of hydrogen-bond acceptors (Lipinski definition) is 5. The number of sulfonamides is 2. The second-order valence-corrected chi connectivity index (χ2v) is 12.8. The maximum atomic E-state index is 13.5. The van der Waals surface area contributed by atoms with Gasteiger partial charge < -0.3 is 5.32 Å². The molecule has 0 spiro atoms. The quantitative estimate of drug-likeness (QED) is 0.455. The van der Waals surface area contributed by atoms with Crippen LogP contribution in [0.2, 0.25) is 0 Å². The van der Waals surface area contributed by atoms with Crippen molar-refractivity contribution in [2.24, 2.45) is 0 Å². The topological polar surface area (TPSA) is 104 Å². The highest BCUT2D eigenvalue weighted by molar-refractivity contribution is 7.92. The van der Waals surface area contributed by atoms with Crippen molar-refractivity contribution in [3.63, 3.8) is 0 Å². The van der Waals surface area contributed by atoms with E-state index >= 15 is 0 Å². The number of nitrogens with zero attached hydrogens (tertiary/aromatic N) is 2. The van der Waals surface area contributed by atoms with Crippen LogP contribution >= 0.6 is 0 Å². The number of carbonyl (C=O) groups is 1. The molecule has 3 aromatic rings. The van der Waals surface area contributed by atoms with Crippen molar-refractivity contribution in [2.45, 2.75) is 42.4 Å². The standard InChI is InChI=1S/C27H31N3O5S2/c1-22-11-7-8-14-26(22)30(37(34,35)24-12-5-4-6-13-24)21-27(31)28-23-15-17-25(18-16-23)36(32,33)29-19-9-2-3-10-20-29/h4-8,11-18H,2-3,9-10,19-21H2,1H3,(H,28,31). The summed E-state index contributed by atoms with van der Waals surface area (Å²) in [6.07, 6.45) is 3.74. The number of rotatable bonds is 8. The Morgan fingerprint density at radius 2 is 1.38 bits per heavy atom. The van der Waals surface area contributed by atoms with Crippen molar-refractivity contribution in [2.75, 3.05) is 29.3 Å². The van der Waals surface area contributed by atoms with Gasteiger partial charge in [0.15, 0.2) is 0 Å². The van der Waals surface area contributed by atoms with E-state index in [4.69, 9.17) is 0 Å². The Hall–Kier alpha value is -3.21. The third-order valence-corrected chi connectivity index (χ3v) is 10.0. The van der Waals surface area contributed by atoms with Crippen LogP contribution in [0.5, 0.6) is 0 Å². The second-order valence-electron chi connectivity index (χ2n) is 9.00. The van der Waals surface area contributed by atoms with Crippen LogP contribution in [0.1, 0.15) is 31.2 Å². The van der Waals surface area contributed by atoms with Crippen LogP contribution < -0.4 is 9.62 Å². The molecule has 1 saturated heterocycles. The third-order valence-electron chi connectivity index (χ3n) is 6.34. The van der Waals surface area contributed by atoms with Gasteiger partial charge >= 0.3 is 0 Å². The lowest BCUT2D eigenvalue weighted by Gasteiger charge is -2.25. The van der Waals surface area contributed by atoms with E-state index in [0.29, 0.717) is 30.0 Å². The number of carbonyl (C=O) groups excluding carboxylic acids is 1. The molecule has 4 rings (SSSR count). The average Bonchev–Trinajstić information content (AvgIpc) is 3.19. The van der Waals surface area contributed by atoms with Gasteiger partial charge in [0, 0.05) is 18.8 Å². The van der Waals surface area contributed by atoms with Crippen molar-refractivity contribution in [3.8, 4) is 0 Å². The molecule has 1 fully saturated rings. The lowest BCUT2D eigenvalue weighted by atomic mass is 10.2. The molecule has 37 heavy (non-hydrogen) atoms. The molecule has 1 aliphatic heterocycles. The minimum atomic E-state index is -4.02. The van der Waals surface area contributed by atoms with Crippen molar-refractivity contribution in [1.82, 2.24) is 4.31 Å². The van der Waals surface area contributed by atoms with Crippen LogP contribution in [0, 0.1) is 6.92 Å². The smallest absolute Gasteiger partial charge is 0.264 e. The molecule has 0 unspecified atom stereocenters. The predicted octanol–water partition coefficient (Wildman–Crippen LogP) is 4.39. The molecule has 0 atom stereocenters. The van der Waals surface area contributed by atoms with Gasteiger partial charge in [-0.1, -0.05) is 49.2 Å². The molecule has 1 N–H and O–H groups in total. The predicted molar refractivity (Wildman–Crippen MR) is 144 cm³/mol. The lowest BCUT2D eigenvalue weighted by molar-refractivity contribution is -0.114. The molecule has 1 amide bonds. The number of aryl methyl sites for hydroxylation is 1. The summed E-state index contributed by atoms with van der Waals surface area (Å²) in [5.74, 6) is -0.550. The van der Waals surface area contributed by atoms with Crippen molar-refractivity contribution >= 4 is 37.3 Å². The molecule has 0 saturated carbocycles. The molecule has 196 valence electrons. The number of anilines is 2. The summed E-state index contributed by atoms with van der Waals surface area (Å²) < 4.78 is 55.6. The van der Waals surface area contributed by atoms with E-state index < -0.39 is 32.5 Å². The van der Waals surface area contributed by atoms with Crippen LogP contribution in [-0.2, 0) is 24.8 Å². The normalized spacial score (nSPS) is 15.1. The Balaban J connectivity index is 1.53. The van der Waals surface area contributed by atoms with Gasteiger partial charge in [-0.2, -0.15) is 4.31 Å². The zero-order chi connectivity index (χ0) is 26.5. The minimum absolute atomic E-state index is 0.0779. The molecular formula is C27H31N3O5S2. The van der Waals surface area contributed by atoms with Gasteiger partial charge in [0.2, 0.25) is 15.9 Å². The molecule has 1 aliphatic rings. The molecule has 10 heteroatoms. The van der Waals surface area contributed by atoms with Gasteiger partial charge in [-0.3, -0.25) is 9.10 Å². The van der Waals surface area contributed by atoms with Crippen LogP contribution in [0.3, 0.4) is 0 Å². The van der Waals surface area contributed by atoms with Gasteiger partial charge in [-0.05, 0) is 67.8 Å². The SMILES string of the molecule is Cc1ccccc1N(CC(=O)Nc1ccc(S(=O)(=O)N2CCCCCC2)cc1)S(=O)(=O)c1ccccc1. The first-order valence-electron chi connectivity index (χ1n) is 12.2. The van der Waals surface area contributed by atoms with E-state index in [9.17, 15) is 21.6 Å². The zero-order valence-electron chi connectivity index (χ0n) is 20.7. The maximum absolute atomic E-state index is 13.5. The Labute approximate surface area is 219 Å². The maximum Gasteiger partial charge on any atom is 0.264 e. The number of nitrogens with one attached hydrogen (secondary N) is 1. The van der Waals surface area contributed by atoms with Gasteiger partial charge in [-0.25, -0.2) is 16.8 Å². The molecule has 0 bridgehead atoms. The van der Waals surface area contributed by atoms with Gasteiger partial charge in [0.1, 0.15) is 6.54 Å². The summed E-state index contributed by atoms with van der Waals surface area (Å²) in [6, 6.07) is 20.9. The zero-order valence-corrected chi connectivity index (χ0v) is 22.3. The number of para-hydroxylation sites is 1. The van der Waals surface area contributed by atoms with Gasteiger partial charge in [-0.15, -0.1) is 0 Å². The number of amides is 1. The first-order valence-corrected chi connectivity index (χ1v) is 15.1. The molecule has 1 heterocycles. The summed E-state index contributed by atoms with van der Waals surface area (Å²) in [7, 11) is -7.63. The Morgan fingerprint density at radius 1 is 0.784 bits per heavy atom. The van der Waals surface area contributed by atoms with E-state index in [-0.39, 0.29) is 9.79 Å². The molecule has 3 aromatic carbocycles. The molecule has 0 radical (unpaired) electrons. The van der Waals surface area contributed by atoms with Crippen LogP contribution in [0.25, 0.3) is 0 Å². The van der Waals surface area contributed by atoms with Crippen molar-refractivity contribution < 1.29 is 21.6 Å². The number of hydrogen-bond donors (Lipinski definition) is 1. The summed E-state index contributed by atoms with van der Waals surface area (Å²) in [5, 5.41) is 2.70. The van der Waals surface area contributed by atoms with Crippen molar-refractivity contribution in [1.29, 1.82) is 0 Å². The minimum Gasteiger partial charge on any atom is -0.325 e. The summed E-state index contributed by atoms with van der Waals surface area (Å²) in [4.78, 5) is 13.3. The van der Waals surface area contributed by atoms with E-state index in [1.807, 2.05) is 0 Å². The molecule has 0 aromatic heterocycles.